The van der Waals surface area contributed by atoms with Crippen molar-refractivity contribution in [2.75, 3.05) is 11.9 Å². The van der Waals surface area contributed by atoms with Crippen LogP contribution in [-0.4, -0.2) is 23.5 Å². The summed E-state index contributed by atoms with van der Waals surface area (Å²) in [7, 11) is 0. The second kappa shape index (κ2) is 10.9. The summed E-state index contributed by atoms with van der Waals surface area (Å²) in [5.41, 5.74) is 0.578. The monoisotopic (exact) mass is 427 g/mol. The van der Waals surface area contributed by atoms with E-state index in [2.05, 4.69) is 14.9 Å². The summed E-state index contributed by atoms with van der Waals surface area (Å²) in [5, 5.41) is 3.20. The van der Waals surface area contributed by atoms with Gasteiger partial charge in [-0.05, 0) is 20.3 Å². The number of aryl methyl sites for hydroxylation is 2. The topological polar surface area (TPSA) is 72.2 Å². The molecule has 2 heterocycles. The molecule has 1 amide bonds. The summed E-state index contributed by atoms with van der Waals surface area (Å²) < 4.78 is 7.06. The minimum absolute atomic E-state index is 0. The number of anilines is 1. The number of carbonyl (C=O) groups is 2. The lowest BCUT2D eigenvalue weighted by Gasteiger charge is -2.01. The Kier molecular flexibility index (Phi) is 9.30. The average molecular weight is 428 g/mol. The third-order valence-electron chi connectivity index (χ3n) is 3.35. The molecule has 0 radical (unpaired) electrons. The van der Waals surface area contributed by atoms with E-state index in [-0.39, 0.29) is 22.9 Å². The van der Waals surface area contributed by atoms with Crippen molar-refractivity contribution in [1.29, 1.82) is 0 Å². The first kappa shape index (κ1) is 21.2. The van der Waals surface area contributed by atoms with E-state index in [9.17, 15) is 9.59 Å². The summed E-state index contributed by atoms with van der Waals surface area (Å²) in [6.07, 6.45) is 6.17. The minimum Gasteiger partial charge on any atom is -1.00 e. The normalized spacial score (nSPS) is 10.0. The number of halogens is 1. The molecule has 0 atom stereocenters. The van der Waals surface area contributed by atoms with Gasteiger partial charge in [0.2, 0.25) is 5.91 Å². The standard InChI is InChI=1S/C17H21N3O3S.BrH/c1-3-23-16(22)15-13(2)18-17(24-15)19-14(21)9-5-8-12-20-10-6-4-7-11-20;/h4,6-7,10-11H,3,5,8-9,12H2,1-2H3;1H. The number of amides is 1. The molecule has 0 aliphatic carbocycles. The van der Waals surface area contributed by atoms with Gasteiger partial charge in [0.05, 0.1) is 12.3 Å². The number of unbranched alkanes of at least 4 members (excludes halogenated alkanes) is 1. The van der Waals surface area contributed by atoms with Gasteiger partial charge >= 0.3 is 5.97 Å². The molecule has 0 fully saturated rings. The highest BCUT2D eigenvalue weighted by atomic mass is 79.9. The molecule has 0 spiro atoms. The van der Waals surface area contributed by atoms with Gasteiger partial charge in [-0.25, -0.2) is 14.3 Å². The van der Waals surface area contributed by atoms with E-state index in [0.717, 1.165) is 30.7 Å². The summed E-state index contributed by atoms with van der Waals surface area (Å²) >= 11 is 1.15. The zero-order valence-electron chi connectivity index (χ0n) is 14.3. The van der Waals surface area contributed by atoms with Crippen molar-refractivity contribution in [2.24, 2.45) is 0 Å². The maximum atomic E-state index is 12.0. The molecule has 25 heavy (non-hydrogen) atoms. The summed E-state index contributed by atoms with van der Waals surface area (Å²) in [4.78, 5) is 28.4. The highest BCUT2D eigenvalue weighted by Gasteiger charge is 2.17. The number of thiazole rings is 1. The Labute approximate surface area is 162 Å². The first-order valence-electron chi connectivity index (χ1n) is 7.98. The molecule has 0 saturated carbocycles. The van der Waals surface area contributed by atoms with Crippen LogP contribution in [0, 0.1) is 6.92 Å². The molecule has 136 valence electrons. The molecule has 0 saturated heterocycles. The number of aromatic nitrogens is 2. The van der Waals surface area contributed by atoms with Gasteiger partial charge in [0.25, 0.3) is 0 Å². The fraction of sp³-hybridized carbons (Fsp3) is 0.412. The lowest BCUT2D eigenvalue weighted by atomic mass is 10.2. The summed E-state index contributed by atoms with van der Waals surface area (Å²) in [6, 6.07) is 5.95. The Balaban J connectivity index is 0.00000312. The second-order valence-electron chi connectivity index (χ2n) is 5.27. The fourth-order valence-corrected chi connectivity index (χ4v) is 3.06. The van der Waals surface area contributed by atoms with Crippen molar-refractivity contribution >= 4 is 28.3 Å². The Hall–Kier alpha value is -1.80. The lowest BCUT2D eigenvalue weighted by Crippen LogP contribution is -3.00. The molecule has 0 bridgehead atoms. The van der Waals surface area contributed by atoms with E-state index in [1.165, 1.54) is 0 Å². The van der Waals surface area contributed by atoms with Crippen molar-refractivity contribution in [3.05, 3.63) is 41.2 Å². The average Bonchev–Trinajstić information content (AvgIpc) is 2.93. The molecule has 1 N–H and O–H groups in total. The van der Waals surface area contributed by atoms with Crippen LogP contribution in [0.15, 0.2) is 30.6 Å². The molecule has 0 aromatic carbocycles. The van der Waals surface area contributed by atoms with Crippen molar-refractivity contribution in [3.8, 4) is 0 Å². The molecular weight excluding hydrogens is 406 g/mol. The Bertz CT molecular complexity index is 692. The SMILES string of the molecule is CCOC(=O)c1sc(NC(=O)CCCC[n+]2ccccc2)nc1C.[Br-]. The van der Waals surface area contributed by atoms with Gasteiger partial charge in [0, 0.05) is 25.0 Å². The fourth-order valence-electron chi connectivity index (χ4n) is 2.18. The predicted molar refractivity (Wildman–Crippen MR) is 91.9 cm³/mol. The number of esters is 1. The number of carbonyl (C=O) groups excluding carboxylic acids is 2. The maximum absolute atomic E-state index is 12.0. The molecule has 6 nitrogen and oxygen atoms in total. The highest BCUT2D eigenvalue weighted by Crippen LogP contribution is 2.23. The zero-order valence-corrected chi connectivity index (χ0v) is 16.7. The summed E-state index contributed by atoms with van der Waals surface area (Å²) in [5.74, 6) is -0.481. The second-order valence-corrected chi connectivity index (χ2v) is 6.27. The van der Waals surface area contributed by atoms with Gasteiger partial charge < -0.3 is 27.0 Å². The van der Waals surface area contributed by atoms with E-state index in [1.807, 2.05) is 30.6 Å². The zero-order chi connectivity index (χ0) is 17.4. The number of hydrogen-bond acceptors (Lipinski definition) is 5. The van der Waals surface area contributed by atoms with Gasteiger partial charge in [0.15, 0.2) is 17.5 Å². The first-order valence-corrected chi connectivity index (χ1v) is 8.80. The minimum atomic E-state index is -0.395. The molecule has 0 aliphatic rings. The Morgan fingerprint density at radius 3 is 2.64 bits per heavy atom. The van der Waals surface area contributed by atoms with Gasteiger partial charge in [-0.2, -0.15) is 0 Å². The smallest absolute Gasteiger partial charge is 0.350 e. The Morgan fingerprint density at radius 2 is 1.96 bits per heavy atom. The van der Waals surface area contributed by atoms with Gasteiger partial charge in [-0.1, -0.05) is 17.4 Å². The number of nitrogens with one attached hydrogen (secondary N) is 1. The van der Waals surface area contributed by atoms with Crippen LogP contribution >= 0.6 is 11.3 Å². The molecule has 0 aliphatic heterocycles. The number of hydrogen-bond donors (Lipinski definition) is 1. The predicted octanol–water partition coefficient (Wildman–Crippen LogP) is -0.271. The van der Waals surface area contributed by atoms with Crippen molar-refractivity contribution in [2.45, 2.75) is 39.7 Å². The van der Waals surface area contributed by atoms with Crippen LogP contribution in [0.5, 0.6) is 0 Å². The number of pyridine rings is 1. The van der Waals surface area contributed by atoms with Crippen molar-refractivity contribution < 1.29 is 35.9 Å². The number of nitrogens with zero attached hydrogens (tertiary/aromatic N) is 2. The number of rotatable bonds is 8. The van der Waals surface area contributed by atoms with Crippen LogP contribution in [0.2, 0.25) is 0 Å². The molecule has 0 unspecified atom stereocenters. The van der Waals surface area contributed by atoms with Crippen LogP contribution in [0.3, 0.4) is 0 Å². The van der Waals surface area contributed by atoms with E-state index < -0.39 is 5.97 Å². The molecule has 2 aromatic rings. The summed E-state index contributed by atoms with van der Waals surface area (Å²) in [6.45, 7) is 4.69. The van der Waals surface area contributed by atoms with Gasteiger partial charge in [-0.15, -0.1) is 0 Å². The lowest BCUT2D eigenvalue weighted by molar-refractivity contribution is -0.697. The third kappa shape index (κ3) is 6.91. The third-order valence-corrected chi connectivity index (χ3v) is 4.40. The van der Waals surface area contributed by atoms with E-state index >= 15 is 0 Å². The molecule has 2 aromatic heterocycles. The highest BCUT2D eigenvalue weighted by molar-refractivity contribution is 7.17. The first-order chi connectivity index (χ1) is 11.6. The van der Waals surface area contributed by atoms with Crippen LogP contribution < -0.4 is 26.9 Å². The van der Waals surface area contributed by atoms with E-state index in [1.54, 1.807) is 13.8 Å². The number of ether oxygens (including phenoxy) is 1. The maximum Gasteiger partial charge on any atom is 0.350 e. The van der Waals surface area contributed by atoms with Gasteiger partial charge in [0.1, 0.15) is 11.4 Å². The van der Waals surface area contributed by atoms with E-state index in [0.29, 0.717) is 28.7 Å². The van der Waals surface area contributed by atoms with Crippen molar-refractivity contribution in [1.82, 2.24) is 4.98 Å². The molecule has 2 rings (SSSR count). The van der Waals surface area contributed by atoms with Crippen LogP contribution in [0.4, 0.5) is 5.13 Å². The molecular formula is C17H22BrN3O3S. The Morgan fingerprint density at radius 1 is 1.24 bits per heavy atom. The van der Waals surface area contributed by atoms with Crippen molar-refractivity contribution in [3.63, 3.8) is 0 Å². The van der Waals surface area contributed by atoms with Gasteiger partial charge in [-0.3, -0.25) is 4.79 Å². The van der Waals surface area contributed by atoms with Crippen LogP contribution in [-0.2, 0) is 16.1 Å². The largest absolute Gasteiger partial charge is 1.00 e. The van der Waals surface area contributed by atoms with E-state index in [4.69, 9.17) is 4.74 Å². The van der Waals surface area contributed by atoms with Crippen LogP contribution in [0.1, 0.15) is 41.6 Å². The van der Waals surface area contributed by atoms with Crippen LogP contribution in [0.25, 0.3) is 0 Å². The molecule has 8 heteroatoms. The quantitative estimate of drug-likeness (QED) is 0.357.